The zero-order chi connectivity index (χ0) is 15.9. The van der Waals surface area contributed by atoms with Crippen LogP contribution in [0.5, 0.6) is 11.5 Å². The van der Waals surface area contributed by atoms with E-state index in [1.165, 1.54) is 0 Å². The van der Waals surface area contributed by atoms with Crippen LogP contribution in [0.3, 0.4) is 0 Å². The maximum Gasteiger partial charge on any atom is 0.286 e. The van der Waals surface area contributed by atoms with Crippen molar-refractivity contribution < 1.29 is 17.7 Å². The van der Waals surface area contributed by atoms with Crippen molar-refractivity contribution in [1.29, 1.82) is 0 Å². The van der Waals surface area contributed by atoms with Gasteiger partial charge in [0.05, 0.1) is 15.8 Å². The molecule has 22 heavy (non-hydrogen) atoms. The largest absolute Gasteiger partial charge is 0.452 e. The summed E-state index contributed by atoms with van der Waals surface area (Å²) in [6.07, 6.45) is 0.235. The van der Waals surface area contributed by atoms with Crippen LogP contribution in [0.25, 0.3) is 0 Å². The minimum atomic E-state index is -4.26. The van der Waals surface area contributed by atoms with Gasteiger partial charge in [-0.05, 0) is 46.6 Å². The summed E-state index contributed by atoms with van der Waals surface area (Å²) in [7, 11) is -4.26. The number of anilines is 2. The molecule has 5 nitrogen and oxygen atoms in total. The van der Waals surface area contributed by atoms with Crippen molar-refractivity contribution in [3.63, 3.8) is 0 Å². The van der Waals surface area contributed by atoms with Crippen LogP contribution < -0.4 is 9.64 Å². The lowest BCUT2D eigenvalue weighted by molar-refractivity contribution is 0.450. The Labute approximate surface area is 137 Å². The second-order valence-corrected chi connectivity index (χ2v) is 7.33. The molecule has 3 rings (SSSR count). The van der Waals surface area contributed by atoms with Crippen molar-refractivity contribution in [3.8, 4) is 11.5 Å². The van der Waals surface area contributed by atoms with Gasteiger partial charge >= 0.3 is 0 Å². The number of para-hydroxylation sites is 3. The molecule has 2 aromatic rings. The predicted octanol–water partition coefficient (Wildman–Crippen LogP) is 4.32. The van der Waals surface area contributed by atoms with Crippen molar-refractivity contribution >= 4 is 37.4 Å². The van der Waals surface area contributed by atoms with Crippen LogP contribution in [0.2, 0.25) is 0 Å². The number of halogens is 1. The van der Waals surface area contributed by atoms with E-state index in [1.54, 1.807) is 42.2 Å². The molecule has 0 saturated heterocycles. The maximum atomic E-state index is 11.8. The molecule has 0 bridgehead atoms. The van der Waals surface area contributed by atoms with Crippen molar-refractivity contribution in [2.24, 2.45) is 0 Å². The molecule has 1 atom stereocenters. The first-order valence-electron chi connectivity index (χ1n) is 6.74. The Hall–Kier alpha value is -1.57. The highest BCUT2D eigenvalue weighted by Gasteiger charge is 2.36. The van der Waals surface area contributed by atoms with Crippen LogP contribution in [0, 0.1) is 0 Å². The third-order valence-corrected chi connectivity index (χ3v) is 5.38. The van der Waals surface area contributed by atoms with E-state index >= 15 is 0 Å². The summed E-state index contributed by atoms with van der Waals surface area (Å²) >= 11 is 3.42. The van der Waals surface area contributed by atoms with Crippen molar-refractivity contribution in [2.75, 3.05) is 4.90 Å². The fourth-order valence-electron chi connectivity index (χ4n) is 2.61. The van der Waals surface area contributed by atoms with E-state index in [9.17, 15) is 13.0 Å². The number of benzene rings is 2. The number of nitrogens with zero attached hydrogens (tertiary/aromatic N) is 1. The molecule has 7 heteroatoms. The van der Waals surface area contributed by atoms with E-state index < -0.39 is 15.5 Å². The minimum Gasteiger partial charge on any atom is -0.452 e. The first-order chi connectivity index (χ1) is 10.4. The summed E-state index contributed by atoms with van der Waals surface area (Å²) < 4.78 is 39.9. The molecule has 1 aliphatic heterocycles. The van der Waals surface area contributed by atoms with Gasteiger partial charge in [0, 0.05) is 0 Å². The molecule has 1 heterocycles. The third-order valence-electron chi connectivity index (χ3n) is 3.52. The molecular formula is C15H14BrNO4S. The first-order valence-corrected chi connectivity index (χ1v) is 9.04. The topological polar surface area (TPSA) is 66.8 Å². The molecule has 0 fully saturated rings. The maximum absolute atomic E-state index is 11.8. The summed E-state index contributed by atoms with van der Waals surface area (Å²) in [6, 6.07) is 12.5. The van der Waals surface area contributed by atoms with Crippen LogP contribution >= 0.6 is 15.9 Å². The normalized spacial score (nSPS) is 14.8. The number of hydrogen-bond acceptors (Lipinski definition) is 4. The predicted molar refractivity (Wildman–Crippen MR) is 88.4 cm³/mol. The molecule has 0 radical (unpaired) electrons. The Morgan fingerprint density at radius 3 is 2.55 bits per heavy atom. The molecule has 0 amide bonds. The highest BCUT2D eigenvalue weighted by Crippen LogP contribution is 2.50. The zero-order valence-electron chi connectivity index (χ0n) is 11.7. The van der Waals surface area contributed by atoms with Gasteiger partial charge in [-0.1, -0.05) is 25.1 Å². The minimum absolute atomic E-state index is 0.235. The Morgan fingerprint density at radius 2 is 1.86 bits per heavy atom. The van der Waals surface area contributed by atoms with Gasteiger partial charge in [0.1, 0.15) is 0 Å². The molecule has 116 valence electrons. The van der Waals surface area contributed by atoms with Gasteiger partial charge in [-0.25, -0.2) is 0 Å². The second kappa shape index (κ2) is 5.57. The first kappa shape index (κ1) is 15.3. The zero-order valence-corrected chi connectivity index (χ0v) is 14.1. The van der Waals surface area contributed by atoms with E-state index in [4.69, 9.17) is 4.74 Å². The molecule has 2 aromatic carbocycles. The van der Waals surface area contributed by atoms with Gasteiger partial charge in [-0.2, -0.15) is 8.42 Å². The Balaban J connectivity index is 2.27. The highest BCUT2D eigenvalue weighted by molar-refractivity contribution is 9.10. The van der Waals surface area contributed by atoms with E-state index in [1.807, 2.05) is 12.1 Å². The standard InChI is InChI=1S/C15H14BrNO4S/c1-2-14(22(18,19)20)17-11-7-3-4-9-13(11)21-15-10(16)6-5-8-12(15)17/h3-9,14H,2H2,1H3,(H,18,19,20). The van der Waals surface area contributed by atoms with E-state index in [-0.39, 0.29) is 6.42 Å². The second-order valence-electron chi connectivity index (χ2n) is 4.91. The lowest BCUT2D eigenvalue weighted by atomic mass is 10.1. The van der Waals surface area contributed by atoms with Crippen molar-refractivity contribution in [3.05, 3.63) is 46.9 Å². The summed E-state index contributed by atoms with van der Waals surface area (Å²) in [6.45, 7) is 1.72. The fourth-order valence-corrected chi connectivity index (χ4v) is 3.96. The van der Waals surface area contributed by atoms with E-state index in [0.29, 0.717) is 22.9 Å². The monoisotopic (exact) mass is 383 g/mol. The molecule has 0 saturated carbocycles. The Kier molecular flexibility index (Phi) is 3.88. The Morgan fingerprint density at radius 1 is 1.18 bits per heavy atom. The molecule has 0 aromatic heterocycles. The molecule has 1 unspecified atom stereocenters. The number of hydrogen-bond donors (Lipinski definition) is 1. The number of ether oxygens (including phenoxy) is 1. The number of rotatable bonds is 3. The van der Waals surface area contributed by atoms with Crippen LogP contribution in [-0.4, -0.2) is 18.3 Å². The smallest absolute Gasteiger partial charge is 0.286 e. The summed E-state index contributed by atoms with van der Waals surface area (Å²) in [5, 5.41) is -1.08. The van der Waals surface area contributed by atoms with Crippen LogP contribution in [0.1, 0.15) is 13.3 Å². The molecule has 0 spiro atoms. The SMILES string of the molecule is CCC(N1c2ccccc2Oc2c(Br)cccc21)S(=O)(=O)O. The quantitative estimate of drug-likeness (QED) is 0.799. The van der Waals surface area contributed by atoms with Gasteiger partial charge in [0.15, 0.2) is 16.9 Å². The summed E-state index contributed by atoms with van der Waals surface area (Å²) in [5.74, 6) is 1.08. The molecule has 1 aliphatic rings. The van der Waals surface area contributed by atoms with Gasteiger partial charge in [0.2, 0.25) is 0 Å². The summed E-state index contributed by atoms with van der Waals surface area (Å²) in [5.41, 5.74) is 1.20. The van der Waals surface area contributed by atoms with Crippen LogP contribution in [0.15, 0.2) is 46.9 Å². The van der Waals surface area contributed by atoms with Crippen molar-refractivity contribution in [2.45, 2.75) is 18.7 Å². The van der Waals surface area contributed by atoms with Crippen LogP contribution in [-0.2, 0) is 10.1 Å². The van der Waals surface area contributed by atoms with Gasteiger partial charge in [-0.15, -0.1) is 0 Å². The molecule has 0 aliphatic carbocycles. The van der Waals surface area contributed by atoms with E-state index in [0.717, 1.165) is 4.47 Å². The Bertz CT molecular complexity index is 822. The van der Waals surface area contributed by atoms with Gasteiger partial charge in [0.25, 0.3) is 10.1 Å². The molecular weight excluding hydrogens is 370 g/mol. The van der Waals surface area contributed by atoms with Gasteiger partial charge in [-0.3, -0.25) is 4.55 Å². The van der Waals surface area contributed by atoms with Gasteiger partial charge < -0.3 is 9.64 Å². The average Bonchev–Trinajstić information content (AvgIpc) is 2.47. The third kappa shape index (κ3) is 2.49. The average molecular weight is 384 g/mol. The highest BCUT2D eigenvalue weighted by atomic mass is 79.9. The van der Waals surface area contributed by atoms with E-state index in [2.05, 4.69) is 15.9 Å². The lowest BCUT2D eigenvalue weighted by Gasteiger charge is -2.36. The summed E-state index contributed by atoms with van der Waals surface area (Å²) in [4.78, 5) is 1.61. The fraction of sp³-hybridized carbons (Fsp3) is 0.200. The number of fused-ring (bicyclic) bond motifs is 2. The van der Waals surface area contributed by atoms with Crippen molar-refractivity contribution in [1.82, 2.24) is 0 Å². The lowest BCUT2D eigenvalue weighted by Crippen LogP contribution is -2.38. The van der Waals surface area contributed by atoms with Crippen LogP contribution in [0.4, 0.5) is 11.4 Å². The molecule has 1 N–H and O–H groups in total.